The number of aromatic nitrogens is 2. The highest BCUT2D eigenvalue weighted by molar-refractivity contribution is 7.91. The average Bonchev–Trinajstić information content (AvgIpc) is 3.99. The summed E-state index contributed by atoms with van der Waals surface area (Å²) < 4.78 is 35.3. The van der Waals surface area contributed by atoms with Crippen LogP contribution in [0.5, 0.6) is 5.88 Å². The van der Waals surface area contributed by atoms with E-state index in [1.807, 2.05) is 39.8 Å². The number of fused-ring (bicyclic) bond motifs is 3. The number of urea groups is 1. The van der Waals surface area contributed by atoms with Gasteiger partial charge in [0.1, 0.15) is 23.7 Å². The molecule has 55 heavy (non-hydrogen) atoms. The number of benzene rings is 1. The molecular formula is C39H55N7O8S. The van der Waals surface area contributed by atoms with Gasteiger partial charge in [0.2, 0.25) is 27.7 Å². The van der Waals surface area contributed by atoms with Crippen LogP contribution in [0, 0.1) is 17.8 Å². The SMILES string of the molecule is CCn1nc(OC2CC3C(=O)NC4(C(=O)NS(=O)(=O)C5(C)CC5)CC4C=CCCC(C)CC(C)C(NC(=O)NC(C)(C)C)C(=O)N3C2)c2ccccc2c1=O. The summed E-state index contributed by atoms with van der Waals surface area (Å²) in [5.74, 6) is -2.42. The van der Waals surface area contributed by atoms with E-state index in [1.165, 1.54) is 9.58 Å². The van der Waals surface area contributed by atoms with Gasteiger partial charge in [-0.3, -0.25) is 23.9 Å². The van der Waals surface area contributed by atoms with E-state index in [2.05, 4.69) is 32.7 Å². The number of sulfonamides is 1. The molecule has 0 radical (unpaired) electrons. The molecule has 7 unspecified atom stereocenters. The van der Waals surface area contributed by atoms with Gasteiger partial charge >= 0.3 is 6.03 Å². The lowest BCUT2D eigenvalue weighted by Gasteiger charge is -2.33. The Labute approximate surface area is 322 Å². The molecule has 2 aliphatic carbocycles. The summed E-state index contributed by atoms with van der Waals surface area (Å²) in [4.78, 5) is 71.0. The lowest BCUT2D eigenvalue weighted by Crippen LogP contribution is -2.60. The largest absolute Gasteiger partial charge is 0.471 e. The van der Waals surface area contributed by atoms with E-state index in [9.17, 15) is 32.4 Å². The maximum absolute atomic E-state index is 14.8. The van der Waals surface area contributed by atoms with Crippen molar-refractivity contribution >= 4 is 44.5 Å². The fourth-order valence-electron chi connectivity index (χ4n) is 7.78. The Morgan fingerprint density at radius 1 is 1.07 bits per heavy atom. The summed E-state index contributed by atoms with van der Waals surface area (Å²) in [5.41, 5.74) is -2.41. The number of hydrogen-bond acceptors (Lipinski definition) is 9. The van der Waals surface area contributed by atoms with E-state index in [4.69, 9.17) is 4.74 Å². The van der Waals surface area contributed by atoms with Gasteiger partial charge in [0, 0.05) is 24.4 Å². The van der Waals surface area contributed by atoms with Crippen LogP contribution in [0.25, 0.3) is 10.8 Å². The van der Waals surface area contributed by atoms with Gasteiger partial charge in [0.25, 0.3) is 11.5 Å². The first-order valence-corrected chi connectivity index (χ1v) is 20.9. The van der Waals surface area contributed by atoms with Crippen molar-refractivity contribution < 1.29 is 32.3 Å². The van der Waals surface area contributed by atoms with E-state index in [-0.39, 0.29) is 49.2 Å². The number of nitrogens with zero attached hydrogens (tertiary/aromatic N) is 3. The molecule has 0 bridgehead atoms. The molecule has 15 nitrogen and oxygen atoms in total. The third-order valence-corrected chi connectivity index (χ3v) is 13.6. The van der Waals surface area contributed by atoms with Gasteiger partial charge in [-0.05, 0) is 97.1 Å². The Balaban J connectivity index is 1.37. The minimum Gasteiger partial charge on any atom is -0.471 e. The first kappa shape index (κ1) is 40.2. The smallest absolute Gasteiger partial charge is 0.315 e. The topological polar surface area (TPSA) is 198 Å². The standard InChI is InChI=1S/C39H55N7O8S/c1-8-46-33(48)28-16-12-11-15-27(28)32(43-46)54-26-20-29-31(47)41-39(35(50)44-55(52,53)38(7)17-18-38)21-25(39)14-10-9-13-23(2)19-24(3)30(34(49)45(29)22-26)40-36(51)42-37(4,5)6/h10-12,14-16,23-26,29-30H,8-9,13,17-22H2,1-7H3,(H,41,47)(H,44,50)(H2,40,42,51). The molecule has 2 saturated carbocycles. The Bertz CT molecular complexity index is 2060. The van der Waals surface area contributed by atoms with Crippen LogP contribution in [0.2, 0.25) is 0 Å². The van der Waals surface area contributed by atoms with Gasteiger partial charge in [-0.2, -0.15) is 0 Å². The van der Waals surface area contributed by atoms with Gasteiger partial charge in [0.05, 0.1) is 22.1 Å². The summed E-state index contributed by atoms with van der Waals surface area (Å²) in [5, 5.41) is 14.0. The lowest BCUT2D eigenvalue weighted by molar-refractivity contribution is -0.142. The van der Waals surface area contributed by atoms with Crippen molar-refractivity contribution in [1.82, 2.24) is 35.4 Å². The molecule has 1 aromatic carbocycles. The highest BCUT2D eigenvalue weighted by Crippen LogP contribution is 2.47. The molecule has 300 valence electrons. The normalized spacial score (nSPS) is 29.5. The maximum Gasteiger partial charge on any atom is 0.315 e. The number of nitrogens with one attached hydrogen (secondary N) is 4. The second-order valence-corrected chi connectivity index (χ2v) is 19.5. The molecule has 1 aromatic heterocycles. The maximum atomic E-state index is 14.8. The van der Waals surface area contributed by atoms with Crippen molar-refractivity contribution in [3.8, 4) is 5.88 Å². The van der Waals surface area contributed by atoms with Gasteiger partial charge in [0.15, 0.2) is 0 Å². The van der Waals surface area contributed by atoms with E-state index in [0.717, 1.165) is 6.42 Å². The highest BCUT2D eigenvalue weighted by Gasteiger charge is 2.63. The van der Waals surface area contributed by atoms with Crippen LogP contribution in [0.4, 0.5) is 4.79 Å². The quantitative estimate of drug-likeness (QED) is 0.305. The molecular weight excluding hydrogens is 727 g/mol. The van der Waals surface area contributed by atoms with Gasteiger partial charge in [-0.25, -0.2) is 17.9 Å². The number of ether oxygens (including phenoxy) is 1. The predicted molar refractivity (Wildman–Crippen MR) is 206 cm³/mol. The van der Waals surface area contributed by atoms with Crippen LogP contribution >= 0.6 is 0 Å². The number of amides is 5. The first-order chi connectivity index (χ1) is 25.8. The van der Waals surface area contributed by atoms with Gasteiger partial charge in [-0.15, -0.1) is 5.10 Å². The summed E-state index contributed by atoms with van der Waals surface area (Å²) >= 11 is 0. The average molecular weight is 782 g/mol. The molecule has 6 rings (SSSR count). The molecule has 5 amide bonds. The molecule has 16 heteroatoms. The van der Waals surface area contributed by atoms with E-state index >= 15 is 0 Å². The fourth-order valence-corrected chi connectivity index (χ4v) is 9.09. The van der Waals surface area contributed by atoms with Crippen molar-refractivity contribution in [2.45, 2.75) is 134 Å². The Morgan fingerprint density at radius 2 is 1.76 bits per heavy atom. The number of aryl methyl sites for hydroxylation is 1. The third kappa shape index (κ3) is 8.38. The molecule has 3 fully saturated rings. The van der Waals surface area contributed by atoms with Crippen molar-refractivity contribution in [2.24, 2.45) is 17.8 Å². The summed E-state index contributed by atoms with van der Waals surface area (Å²) in [6.07, 6.45) is 6.14. The lowest BCUT2D eigenvalue weighted by atomic mass is 9.88. The molecule has 4 aliphatic rings. The van der Waals surface area contributed by atoms with Crippen LogP contribution in [0.1, 0.15) is 93.4 Å². The second kappa shape index (κ2) is 14.9. The second-order valence-electron chi connectivity index (χ2n) is 17.3. The number of hydrogen-bond donors (Lipinski definition) is 4. The molecule has 2 aliphatic heterocycles. The van der Waals surface area contributed by atoms with Crippen molar-refractivity contribution in [1.29, 1.82) is 0 Å². The van der Waals surface area contributed by atoms with Crippen LogP contribution < -0.4 is 31.0 Å². The molecule has 7 atom stereocenters. The van der Waals surface area contributed by atoms with E-state index in [1.54, 1.807) is 38.1 Å². The molecule has 3 heterocycles. The van der Waals surface area contributed by atoms with Crippen LogP contribution in [-0.4, -0.2) is 87.4 Å². The summed E-state index contributed by atoms with van der Waals surface area (Å²) in [6, 6.07) is 4.22. The van der Waals surface area contributed by atoms with Gasteiger partial charge < -0.3 is 25.6 Å². The Kier molecular flexibility index (Phi) is 10.9. The Morgan fingerprint density at radius 3 is 2.42 bits per heavy atom. The predicted octanol–water partition coefficient (Wildman–Crippen LogP) is 3.12. The number of rotatable bonds is 7. The van der Waals surface area contributed by atoms with Crippen molar-refractivity contribution in [2.75, 3.05) is 6.54 Å². The third-order valence-electron chi connectivity index (χ3n) is 11.4. The van der Waals surface area contributed by atoms with Crippen molar-refractivity contribution in [3.63, 3.8) is 0 Å². The minimum absolute atomic E-state index is 0.000895. The van der Waals surface area contributed by atoms with Crippen LogP contribution in [0.3, 0.4) is 0 Å². The monoisotopic (exact) mass is 781 g/mol. The molecule has 1 saturated heterocycles. The number of carbonyl (C=O) groups is 4. The van der Waals surface area contributed by atoms with Gasteiger partial charge in [-0.1, -0.05) is 38.1 Å². The summed E-state index contributed by atoms with van der Waals surface area (Å²) in [6.45, 7) is 13.1. The molecule has 4 N–H and O–H groups in total. The first-order valence-electron chi connectivity index (χ1n) is 19.4. The Hall–Kier alpha value is -4.47. The van der Waals surface area contributed by atoms with E-state index in [0.29, 0.717) is 36.5 Å². The van der Waals surface area contributed by atoms with Crippen molar-refractivity contribution in [3.05, 3.63) is 46.8 Å². The minimum atomic E-state index is -4.01. The summed E-state index contributed by atoms with van der Waals surface area (Å²) in [7, 11) is -4.01. The van der Waals surface area contributed by atoms with Crippen LogP contribution in [-0.2, 0) is 31.0 Å². The molecule has 2 aromatic rings. The molecule has 0 spiro atoms. The zero-order valence-corrected chi connectivity index (χ0v) is 33.6. The fraction of sp³-hybridized carbons (Fsp3) is 0.641. The number of carbonyl (C=O) groups excluding carboxylic acids is 4. The highest BCUT2D eigenvalue weighted by atomic mass is 32.2. The number of allylic oxidation sites excluding steroid dienone is 1. The zero-order valence-electron chi connectivity index (χ0n) is 32.8. The van der Waals surface area contributed by atoms with E-state index < -0.39 is 73.7 Å². The van der Waals surface area contributed by atoms with Crippen LogP contribution in [0.15, 0.2) is 41.2 Å². The zero-order chi connectivity index (χ0) is 40.1.